The van der Waals surface area contributed by atoms with Crippen LogP contribution in [0.3, 0.4) is 0 Å². The first-order valence-corrected chi connectivity index (χ1v) is 6.53. The predicted octanol–water partition coefficient (Wildman–Crippen LogP) is 2.94. The van der Waals surface area contributed by atoms with Gasteiger partial charge in [-0.15, -0.1) is 0 Å². The van der Waals surface area contributed by atoms with Crippen molar-refractivity contribution in [2.45, 2.75) is 38.3 Å². The molecule has 0 bridgehead atoms. The zero-order valence-electron chi connectivity index (χ0n) is 11.7. The van der Waals surface area contributed by atoms with E-state index in [1.807, 2.05) is 6.07 Å². The van der Waals surface area contributed by atoms with E-state index in [4.69, 9.17) is 14.7 Å². The maximum absolute atomic E-state index is 9.16. The molecule has 2 rings (SSSR count). The Labute approximate surface area is 114 Å². The van der Waals surface area contributed by atoms with E-state index >= 15 is 0 Å². The molecule has 1 fully saturated rings. The van der Waals surface area contributed by atoms with E-state index in [2.05, 4.69) is 25.2 Å². The zero-order valence-corrected chi connectivity index (χ0v) is 11.7. The molecule has 0 aliphatic carbocycles. The maximum Gasteiger partial charge on any atom is 0.121 e. The summed E-state index contributed by atoms with van der Waals surface area (Å²) in [4.78, 5) is 0. The normalized spacial score (nSPS) is 21.5. The van der Waals surface area contributed by atoms with E-state index in [0.29, 0.717) is 11.6 Å². The van der Waals surface area contributed by atoms with E-state index in [0.717, 1.165) is 30.9 Å². The number of nitrogens with one attached hydrogen (secondary N) is 1. The number of ether oxygens (including phenoxy) is 2. The molecule has 1 unspecified atom stereocenters. The highest BCUT2D eigenvalue weighted by Crippen LogP contribution is 2.29. The summed E-state index contributed by atoms with van der Waals surface area (Å²) < 4.78 is 10.9. The molecule has 1 N–H and O–H groups in total. The second-order valence-corrected chi connectivity index (χ2v) is 5.47. The van der Waals surface area contributed by atoms with Gasteiger partial charge in [-0.2, -0.15) is 5.26 Å². The first-order chi connectivity index (χ1) is 9.04. The van der Waals surface area contributed by atoms with Crippen LogP contribution in [0.25, 0.3) is 0 Å². The van der Waals surface area contributed by atoms with Crippen LogP contribution in [0.1, 0.15) is 32.3 Å². The topological polar surface area (TPSA) is 54.3 Å². The van der Waals surface area contributed by atoms with Crippen molar-refractivity contribution in [2.24, 2.45) is 0 Å². The number of benzene rings is 1. The summed E-state index contributed by atoms with van der Waals surface area (Å²) in [6.07, 6.45) is 1.88. The summed E-state index contributed by atoms with van der Waals surface area (Å²) in [6.45, 7) is 4.94. The van der Waals surface area contributed by atoms with Gasteiger partial charge in [0.15, 0.2) is 0 Å². The number of anilines is 1. The third kappa shape index (κ3) is 3.39. The first-order valence-electron chi connectivity index (χ1n) is 6.53. The SMILES string of the molecule is COc1ccc(C#N)c(NC2CCOC(C)(C)C2)c1. The monoisotopic (exact) mass is 260 g/mol. The molecule has 0 aromatic heterocycles. The molecule has 4 heteroatoms. The standard InChI is InChI=1S/C15H20N2O2/c1-15(2)9-12(6-7-19-15)17-14-8-13(18-3)5-4-11(14)10-16/h4-5,8,12,17H,6-7,9H2,1-3H3. The Morgan fingerprint density at radius 1 is 1.47 bits per heavy atom. The summed E-state index contributed by atoms with van der Waals surface area (Å²) in [6, 6.07) is 7.99. The van der Waals surface area contributed by atoms with Crippen LogP contribution in [-0.4, -0.2) is 25.4 Å². The largest absolute Gasteiger partial charge is 0.497 e. The van der Waals surface area contributed by atoms with Crippen molar-refractivity contribution in [1.29, 1.82) is 5.26 Å². The molecule has 1 aliphatic rings. The predicted molar refractivity (Wildman–Crippen MR) is 74.4 cm³/mol. The Balaban J connectivity index is 2.16. The minimum Gasteiger partial charge on any atom is -0.497 e. The van der Waals surface area contributed by atoms with Crippen LogP contribution in [0.15, 0.2) is 18.2 Å². The Morgan fingerprint density at radius 3 is 2.89 bits per heavy atom. The average molecular weight is 260 g/mol. The fourth-order valence-corrected chi connectivity index (χ4v) is 2.44. The van der Waals surface area contributed by atoms with Crippen molar-refractivity contribution < 1.29 is 9.47 Å². The van der Waals surface area contributed by atoms with Crippen molar-refractivity contribution in [2.75, 3.05) is 19.0 Å². The van der Waals surface area contributed by atoms with Crippen LogP contribution < -0.4 is 10.1 Å². The zero-order chi connectivity index (χ0) is 13.9. The molecule has 1 atom stereocenters. The number of nitriles is 1. The summed E-state index contributed by atoms with van der Waals surface area (Å²) in [7, 11) is 1.63. The fourth-order valence-electron chi connectivity index (χ4n) is 2.44. The number of hydrogen-bond donors (Lipinski definition) is 1. The van der Waals surface area contributed by atoms with Gasteiger partial charge in [-0.25, -0.2) is 0 Å². The molecule has 19 heavy (non-hydrogen) atoms. The molecule has 0 amide bonds. The van der Waals surface area contributed by atoms with Gasteiger partial charge in [-0.05, 0) is 38.8 Å². The van der Waals surface area contributed by atoms with E-state index in [-0.39, 0.29) is 5.60 Å². The minimum absolute atomic E-state index is 0.110. The minimum atomic E-state index is -0.110. The number of rotatable bonds is 3. The third-order valence-corrected chi connectivity index (χ3v) is 3.40. The van der Waals surface area contributed by atoms with Crippen LogP contribution >= 0.6 is 0 Å². The smallest absolute Gasteiger partial charge is 0.121 e. The number of nitrogens with zero attached hydrogens (tertiary/aromatic N) is 1. The van der Waals surface area contributed by atoms with Crippen molar-refractivity contribution in [3.63, 3.8) is 0 Å². The molecule has 4 nitrogen and oxygen atoms in total. The second kappa shape index (κ2) is 5.50. The average Bonchev–Trinajstić information content (AvgIpc) is 2.37. The Hall–Kier alpha value is -1.73. The second-order valence-electron chi connectivity index (χ2n) is 5.47. The maximum atomic E-state index is 9.16. The van der Waals surface area contributed by atoms with Crippen molar-refractivity contribution >= 4 is 5.69 Å². The number of hydrogen-bond acceptors (Lipinski definition) is 4. The lowest BCUT2D eigenvalue weighted by Crippen LogP contribution is -2.40. The number of methoxy groups -OCH3 is 1. The molecule has 102 valence electrons. The van der Waals surface area contributed by atoms with Gasteiger partial charge < -0.3 is 14.8 Å². The van der Waals surface area contributed by atoms with Crippen LogP contribution in [0.4, 0.5) is 5.69 Å². The van der Waals surface area contributed by atoms with Gasteiger partial charge in [0.2, 0.25) is 0 Å². The summed E-state index contributed by atoms with van der Waals surface area (Å²) in [5.74, 6) is 0.757. The molecular formula is C15H20N2O2. The molecule has 1 saturated heterocycles. The van der Waals surface area contributed by atoms with E-state index in [1.54, 1.807) is 19.2 Å². The van der Waals surface area contributed by atoms with Gasteiger partial charge in [0.25, 0.3) is 0 Å². The van der Waals surface area contributed by atoms with Gasteiger partial charge in [0.1, 0.15) is 11.8 Å². The summed E-state index contributed by atoms with van der Waals surface area (Å²) >= 11 is 0. The third-order valence-electron chi connectivity index (χ3n) is 3.40. The van der Waals surface area contributed by atoms with Gasteiger partial charge in [-0.3, -0.25) is 0 Å². The summed E-state index contributed by atoms with van der Waals surface area (Å²) in [5, 5.41) is 12.6. The van der Waals surface area contributed by atoms with Gasteiger partial charge in [-0.1, -0.05) is 0 Å². The van der Waals surface area contributed by atoms with Crippen LogP contribution in [-0.2, 0) is 4.74 Å². The van der Waals surface area contributed by atoms with Crippen molar-refractivity contribution in [3.05, 3.63) is 23.8 Å². The van der Waals surface area contributed by atoms with Crippen LogP contribution in [0, 0.1) is 11.3 Å². The van der Waals surface area contributed by atoms with Crippen LogP contribution in [0.2, 0.25) is 0 Å². The molecular weight excluding hydrogens is 240 g/mol. The lowest BCUT2D eigenvalue weighted by atomic mass is 9.93. The Kier molecular flexibility index (Phi) is 3.96. The molecule has 1 heterocycles. The highest BCUT2D eigenvalue weighted by molar-refractivity contribution is 5.60. The quantitative estimate of drug-likeness (QED) is 0.907. The Bertz CT molecular complexity index is 491. The Morgan fingerprint density at radius 2 is 2.26 bits per heavy atom. The van der Waals surface area contributed by atoms with E-state index in [9.17, 15) is 0 Å². The highest BCUT2D eigenvalue weighted by Gasteiger charge is 2.29. The molecule has 0 radical (unpaired) electrons. The van der Waals surface area contributed by atoms with E-state index in [1.165, 1.54) is 0 Å². The molecule has 0 saturated carbocycles. The molecule has 1 aliphatic heterocycles. The molecule has 1 aromatic carbocycles. The first kappa shape index (κ1) is 13.7. The van der Waals surface area contributed by atoms with Gasteiger partial charge in [0, 0.05) is 18.7 Å². The van der Waals surface area contributed by atoms with Crippen LogP contribution in [0.5, 0.6) is 5.75 Å². The van der Waals surface area contributed by atoms with Crippen molar-refractivity contribution in [3.8, 4) is 11.8 Å². The van der Waals surface area contributed by atoms with Crippen molar-refractivity contribution in [1.82, 2.24) is 0 Å². The highest BCUT2D eigenvalue weighted by atomic mass is 16.5. The summed E-state index contributed by atoms with van der Waals surface area (Å²) in [5.41, 5.74) is 1.37. The lowest BCUT2D eigenvalue weighted by Gasteiger charge is -2.36. The molecule has 1 aromatic rings. The van der Waals surface area contributed by atoms with Gasteiger partial charge >= 0.3 is 0 Å². The fraction of sp³-hybridized carbons (Fsp3) is 0.533. The lowest BCUT2D eigenvalue weighted by molar-refractivity contribution is -0.0553. The van der Waals surface area contributed by atoms with E-state index < -0.39 is 0 Å². The van der Waals surface area contributed by atoms with Gasteiger partial charge in [0.05, 0.1) is 24.0 Å². The molecule has 0 spiro atoms.